The van der Waals surface area contributed by atoms with Crippen molar-refractivity contribution in [2.45, 2.75) is 44.6 Å². The van der Waals surface area contributed by atoms with E-state index in [9.17, 15) is 5.11 Å². The van der Waals surface area contributed by atoms with Gasteiger partial charge in [0, 0.05) is 11.0 Å². The van der Waals surface area contributed by atoms with Crippen molar-refractivity contribution in [3.63, 3.8) is 0 Å². The normalized spacial score (nSPS) is 28.0. The van der Waals surface area contributed by atoms with Crippen LogP contribution in [-0.4, -0.2) is 23.8 Å². The number of aryl methyl sites for hydroxylation is 1. The number of piperidine rings is 1. The first-order valence-electron chi connectivity index (χ1n) is 6.41. The maximum absolute atomic E-state index is 9.87. The van der Waals surface area contributed by atoms with Crippen LogP contribution in [0.25, 0.3) is 0 Å². The van der Waals surface area contributed by atoms with Crippen LogP contribution in [0.5, 0.6) is 0 Å². The predicted molar refractivity (Wildman–Crippen MR) is 71.3 cm³/mol. The molecule has 1 heterocycles. The molecule has 2 heteroatoms. The van der Waals surface area contributed by atoms with Gasteiger partial charge in [-0.2, -0.15) is 0 Å². The quantitative estimate of drug-likeness (QED) is 0.822. The number of hydrogen-bond donors (Lipinski definition) is 2. The Bertz CT molecular complexity index is 382. The average Bonchev–Trinajstić information content (AvgIpc) is 2.28. The number of benzene rings is 1. The van der Waals surface area contributed by atoms with Crippen molar-refractivity contribution < 1.29 is 5.11 Å². The maximum Gasteiger partial charge on any atom is 0.0529 e. The second-order valence-electron chi connectivity index (χ2n) is 6.04. The van der Waals surface area contributed by atoms with Gasteiger partial charge in [-0.25, -0.2) is 0 Å². The smallest absolute Gasteiger partial charge is 0.0529 e. The van der Waals surface area contributed by atoms with Gasteiger partial charge in [-0.1, -0.05) is 29.8 Å². The van der Waals surface area contributed by atoms with Gasteiger partial charge < -0.3 is 10.4 Å². The van der Waals surface area contributed by atoms with E-state index in [4.69, 9.17) is 0 Å². The van der Waals surface area contributed by atoms with Gasteiger partial charge in [0.1, 0.15) is 0 Å². The fourth-order valence-corrected chi connectivity index (χ4v) is 3.02. The first-order valence-corrected chi connectivity index (χ1v) is 6.41. The molecule has 2 N–H and O–H groups in total. The summed E-state index contributed by atoms with van der Waals surface area (Å²) in [4.78, 5) is 0. The average molecular weight is 233 g/mol. The highest BCUT2D eigenvalue weighted by atomic mass is 16.3. The zero-order valence-corrected chi connectivity index (χ0v) is 11.1. The fourth-order valence-electron chi connectivity index (χ4n) is 3.02. The molecule has 1 aromatic carbocycles. The van der Waals surface area contributed by atoms with E-state index in [1.54, 1.807) is 0 Å². The second kappa shape index (κ2) is 4.43. The highest BCUT2D eigenvalue weighted by molar-refractivity contribution is 5.30. The summed E-state index contributed by atoms with van der Waals surface area (Å²) >= 11 is 0. The van der Waals surface area contributed by atoms with Crippen molar-refractivity contribution >= 4 is 0 Å². The zero-order valence-electron chi connectivity index (χ0n) is 11.1. The molecular weight excluding hydrogens is 210 g/mol. The summed E-state index contributed by atoms with van der Waals surface area (Å²) in [7, 11) is 0. The number of rotatable bonds is 2. The molecule has 0 radical (unpaired) electrons. The van der Waals surface area contributed by atoms with Crippen LogP contribution in [0, 0.1) is 6.92 Å². The Hall–Kier alpha value is -0.860. The molecular formula is C15H23NO. The van der Waals surface area contributed by atoms with E-state index in [1.165, 1.54) is 11.1 Å². The summed E-state index contributed by atoms with van der Waals surface area (Å²) in [5.74, 6) is 0. The largest absolute Gasteiger partial charge is 0.395 e. The molecule has 0 bridgehead atoms. The van der Waals surface area contributed by atoms with Gasteiger partial charge in [0.25, 0.3) is 0 Å². The Labute approximate surface area is 104 Å². The minimum Gasteiger partial charge on any atom is -0.395 e. The molecule has 0 amide bonds. The lowest BCUT2D eigenvalue weighted by Crippen LogP contribution is -2.53. The van der Waals surface area contributed by atoms with Gasteiger partial charge in [0.2, 0.25) is 0 Å². The third-order valence-corrected chi connectivity index (χ3v) is 3.95. The summed E-state index contributed by atoms with van der Waals surface area (Å²) in [5.41, 5.74) is 2.59. The van der Waals surface area contributed by atoms with Crippen molar-refractivity contribution in [2.24, 2.45) is 0 Å². The van der Waals surface area contributed by atoms with Gasteiger partial charge in [-0.05, 0) is 45.7 Å². The van der Waals surface area contributed by atoms with Crippen molar-refractivity contribution in [2.75, 3.05) is 13.2 Å². The third-order valence-electron chi connectivity index (χ3n) is 3.95. The summed E-state index contributed by atoms with van der Waals surface area (Å²) in [6, 6.07) is 8.63. The van der Waals surface area contributed by atoms with E-state index in [1.807, 2.05) is 0 Å². The summed E-state index contributed by atoms with van der Waals surface area (Å²) < 4.78 is 0. The van der Waals surface area contributed by atoms with E-state index < -0.39 is 0 Å². The van der Waals surface area contributed by atoms with Crippen LogP contribution in [0.1, 0.15) is 37.8 Å². The highest BCUT2D eigenvalue weighted by Crippen LogP contribution is 2.38. The number of aliphatic hydroxyl groups excluding tert-OH is 1. The topological polar surface area (TPSA) is 32.3 Å². The van der Waals surface area contributed by atoms with E-state index in [0.29, 0.717) is 0 Å². The Morgan fingerprint density at radius 1 is 1.24 bits per heavy atom. The van der Waals surface area contributed by atoms with Gasteiger partial charge >= 0.3 is 0 Å². The Balaban J connectivity index is 2.33. The van der Waals surface area contributed by atoms with Crippen LogP contribution in [0.15, 0.2) is 24.3 Å². The maximum atomic E-state index is 9.87. The Morgan fingerprint density at radius 2 is 1.88 bits per heavy atom. The van der Waals surface area contributed by atoms with E-state index in [0.717, 1.165) is 19.4 Å². The van der Waals surface area contributed by atoms with Crippen LogP contribution in [0.2, 0.25) is 0 Å². The van der Waals surface area contributed by atoms with Crippen molar-refractivity contribution in [3.05, 3.63) is 35.4 Å². The molecule has 0 aliphatic carbocycles. The Morgan fingerprint density at radius 3 is 2.41 bits per heavy atom. The molecule has 1 aliphatic rings. The SMILES string of the molecule is Cc1ccc(C2(CO)CCNC(C)(C)C2)cc1. The monoisotopic (exact) mass is 233 g/mol. The first-order chi connectivity index (χ1) is 7.97. The molecule has 2 nitrogen and oxygen atoms in total. The summed E-state index contributed by atoms with van der Waals surface area (Å²) in [5, 5.41) is 13.4. The molecule has 1 unspecified atom stereocenters. The number of hydrogen-bond acceptors (Lipinski definition) is 2. The molecule has 17 heavy (non-hydrogen) atoms. The number of aliphatic hydroxyl groups is 1. The molecule has 0 saturated carbocycles. The van der Waals surface area contributed by atoms with E-state index >= 15 is 0 Å². The van der Waals surface area contributed by atoms with Crippen LogP contribution < -0.4 is 5.32 Å². The number of nitrogens with one attached hydrogen (secondary N) is 1. The van der Waals surface area contributed by atoms with Crippen LogP contribution in [0.3, 0.4) is 0 Å². The molecule has 2 rings (SSSR count). The second-order valence-corrected chi connectivity index (χ2v) is 6.04. The highest BCUT2D eigenvalue weighted by Gasteiger charge is 2.40. The van der Waals surface area contributed by atoms with Gasteiger partial charge in [0.15, 0.2) is 0 Å². The van der Waals surface area contributed by atoms with Crippen LogP contribution >= 0.6 is 0 Å². The molecule has 1 atom stereocenters. The van der Waals surface area contributed by atoms with Gasteiger partial charge in [0.05, 0.1) is 6.61 Å². The minimum absolute atomic E-state index is 0.0670. The molecule has 0 spiro atoms. The minimum atomic E-state index is -0.0670. The van der Waals surface area contributed by atoms with Gasteiger partial charge in [-0.3, -0.25) is 0 Å². The molecule has 1 saturated heterocycles. The molecule has 0 aromatic heterocycles. The van der Waals surface area contributed by atoms with Gasteiger partial charge in [-0.15, -0.1) is 0 Å². The lowest BCUT2D eigenvalue weighted by Gasteiger charge is -2.45. The van der Waals surface area contributed by atoms with Crippen LogP contribution in [0.4, 0.5) is 0 Å². The van der Waals surface area contributed by atoms with Crippen LogP contribution in [-0.2, 0) is 5.41 Å². The molecule has 1 aliphatic heterocycles. The summed E-state index contributed by atoms with van der Waals surface area (Å²) in [6.07, 6.45) is 2.00. The molecule has 1 fully saturated rings. The predicted octanol–water partition coefficient (Wildman–Crippen LogP) is 2.39. The Kier molecular flexibility index (Phi) is 3.28. The standard InChI is InChI=1S/C15H23NO/c1-12-4-6-13(7-5-12)15(11-17)8-9-16-14(2,3)10-15/h4-7,16-17H,8-11H2,1-3H3. The fraction of sp³-hybridized carbons (Fsp3) is 0.600. The zero-order chi connectivity index (χ0) is 12.5. The third kappa shape index (κ3) is 2.53. The van der Waals surface area contributed by atoms with E-state index in [2.05, 4.69) is 50.4 Å². The van der Waals surface area contributed by atoms with E-state index in [-0.39, 0.29) is 17.6 Å². The molecule has 94 valence electrons. The lowest BCUT2D eigenvalue weighted by molar-refractivity contribution is 0.112. The summed E-state index contributed by atoms with van der Waals surface area (Å²) in [6.45, 7) is 7.74. The van der Waals surface area contributed by atoms with Crippen molar-refractivity contribution in [3.8, 4) is 0 Å². The molecule has 1 aromatic rings. The van der Waals surface area contributed by atoms with Crippen molar-refractivity contribution in [1.29, 1.82) is 0 Å². The first kappa shape index (κ1) is 12.6. The lowest BCUT2D eigenvalue weighted by atomic mass is 9.68. The van der Waals surface area contributed by atoms with Crippen molar-refractivity contribution in [1.82, 2.24) is 5.32 Å².